The molecule has 0 saturated carbocycles. The van der Waals surface area contributed by atoms with E-state index in [1.807, 2.05) is 24.0 Å². The van der Waals surface area contributed by atoms with Gasteiger partial charge in [0, 0.05) is 42.8 Å². The van der Waals surface area contributed by atoms with Crippen LogP contribution in [-0.2, 0) is 12.0 Å². The lowest BCUT2D eigenvalue weighted by molar-refractivity contribution is 0.0628. The van der Waals surface area contributed by atoms with E-state index in [-0.39, 0.29) is 11.3 Å². The van der Waals surface area contributed by atoms with E-state index < -0.39 is 0 Å². The van der Waals surface area contributed by atoms with Gasteiger partial charge in [-0.3, -0.25) is 9.69 Å². The molecule has 0 spiro atoms. The number of aromatic nitrogens is 1. The van der Waals surface area contributed by atoms with E-state index >= 15 is 0 Å². The minimum Gasteiger partial charge on any atom is -0.336 e. The maximum atomic E-state index is 12.7. The first-order chi connectivity index (χ1) is 11.8. The number of aryl methyl sites for hydroxylation is 1. The third kappa shape index (κ3) is 4.47. The molecule has 5 heteroatoms. The molecule has 2 heterocycles. The Morgan fingerprint density at radius 2 is 1.76 bits per heavy atom. The number of hydrogen-bond acceptors (Lipinski definition) is 4. The largest absolute Gasteiger partial charge is 0.336 e. The smallest absolute Gasteiger partial charge is 0.253 e. The summed E-state index contributed by atoms with van der Waals surface area (Å²) in [6.07, 6.45) is 0. The van der Waals surface area contributed by atoms with Crippen molar-refractivity contribution >= 4 is 17.2 Å². The Balaban J connectivity index is 1.56. The van der Waals surface area contributed by atoms with Crippen LogP contribution >= 0.6 is 11.3 Å². The summed E-state index contributed by atoms with van der Waals surface area (Å²) in [6, 6.07) is 8.09. The van der Waals surface area contributed by atoms with Gasteiger partial charge in [0.1, 0.15) is 5.01 Å². The highest BCUT2D eigenvalue weighted by Crippen LogP contribution is 2.23. The number of carbonyl (C=O) groups excluding carboxylic acids is 1. The van der Waals surface area contributed by atoms with Crippen molar-refractivity contribution in [2.45, 2.75) is 39.7 Å². The van der Waals surface area contributed by atoms with Gasteiger partial charge in [-0.2, -0.15) is 0 Å². The second kappa shape index (κ2) is 7.26. The van der Waals surface area contributed by atoms with Crippen LogP contribution in [0, 0.1) is 6.92 Å². The Kier molecular flexibility index (Phi) is 5.25. The first-order valence-corrected chi connectivity index (χ1v) is 9.74. The number of carbonyl (C=O) groups is 1. The van der Waals surface area contributed by atoms with Gasteiger partial charge in [0.05, 0.1) is 6.54 Å². The Morgan fingerprint density at radius 3 is 2.28 bits per heavy atom. The average Bonchev–Trinajstić information content (AvgIpc) is 2.99. The van der Waals surface area contributed by atoms with Crippen molar-refractivity contribution in [3.05, 3.63) is 51.5 Å². The highest BCUT2D eigenvalue weighted by Gasteiger charge is 2.23. The highest BCUT2D eigenvalue weighted by atomic mass is 32.1. The molecule has 0 unspecified atom stereocenters. The van der Waals surface area contributed by atoms with Gasteiger partial charge in [-0.05, 0) is 30.0 Å². The number of thiazole rings is 1. The molecule has 0 N–H and O–H groups in total. The molecule has 1 aromatic carbocycles. The summed E-state index contributed by atoms with van der Waals surface area (Å²) >= 11 is 1.72. The minimum atomic E-state index is 0.112. The van der Waals surface area contributed by atoms with Crippen LogP contribution in [0.3, 0.4) is 0 Å². The molecule has 1 amide bonds. The third-order valence-electron chi connectivity index (χ3n) is 4.68. The standard InChI is InChI=1S/C20H27N3OS/c1-15-14-25-18(21-15)13-22-9-11-23(12-10-22)19(24)16-5-7-17(8-6-16)20(2,3)4/h5-8,14H,9-13H2,1-4H3. The number of nitrogens with zero attached hydrogens (tertiary/aromatic N) is 3. The van der Waals surface area contributed by atoms with Gasteiger partial charge in [-0.25, -0.2) is 4.98 Å². The second-order valence-electron chi connectivity index (χ2n) is 7.78. The SMILES string of the molecule is Cc1csc(CN2CCN(C(=O)c3ccc(C(C)(C)C)cc3)CC2)n1. The third-order valence-corrected chi connectivity index (χ3v) is 5.63. The number of piperazine rings is 1. The van der Waals surface area contributed by atoms with Crippen molar-refractivity contribution in [2.75, 3.05) is 26.2 Å². The lowest BCUT2D eigenvalue weighted by Gasteiger charge is -2.34. The van der Waals surface area contributed by atoms with Gasteiger partial charge in [0.2, 0.25) is 0 Å². The van der Waals surface area contributed by atoms with Gasteiger partial charge in [0.15, 0.2) is 0 Å². The van der Waals surface area contributed by atoms with Crippen LogP contribution in [0.25, 0.3) is 0 Å². The molecule has 4 nitrogen and oxygen atoms in total. The molecule has 1 saturated heterocycles. The van der Waals surface area contributed by atoms with E-state index in [1.54, 1.807) is 11.3 Å². The molecule has 1 aliphatic heterocycles. The summed E-state index contributed by atoms with van der Waals surface area (Å²) in [5.41, 5.74) is 3.25. The molecule has 25 heavy (non-hydrogen) atoms. The van der Waals surface area contributed by atoms with E-state index in [9.17, 15) is 4.79 Å². The van der Waals surface area contributed by atoms with Crippen LogP contribution in [0.1, 0.15) is 47.4 Å². The fourth-order valence-electron chi connectivity index (χ4n) is 3.07. The van der Waals surface area contributed by atoms with Crippen molar-refractivity contribution in [1.29, 1.82) is 0 Å². The molecule has 3 rings (SSSR count). The maximum Gasteiger partial charge on any atom is 0.253 e. The Bertz CT molecular complexity index is 722. The number of amides is 1. The predicted molar refractivity (Wildman–Crippen MR) is 103 cm³/mol. The molecule has 0 atom stereocenters. The van der Waals surface area contributed by atoms with Crippen molar-refractivity contribution in [3.8, 4) is 0 Å². The molecule has 2 aromatic rings. The summed E-state index contributed by atoms with van der Waals surface area (Å²) in [5.74, 6) is 0.144. The number of benzene rings is 1. The lowest BCUT2D eigenvalue weighted by Crippen LogP contribution is -2.48. The van der Waals surface area contributed by atoms with Crippen molar-refractivity contribution in [3.63, 3.8) is 0 Å². The summed E-state index contributed by atoms with van der Waals surface area (Å²) < 4.78 is 0. The van der Waals surface area contributed by atoms with Crippen molar-refractivity contribution in [1.82, 2.24) is 14.8 Å². The molecule has 1 aliphatic rings. The predicted octanol–water partition coefficient (Wildman–Crippen LogP) is 3.71. The molecule has 1 aromatic heterocycles. The molecule has 0 aliphatic carbocycles. The Hall–Kier alpha value is -1.72. The van der Waals surface area contributed by atoms with Gasteiger partial charge in [-0.15, -0.1) is 11.3 Å². The Labute approximate surface area is 154 Å². The summed E-state index contributed by atoms with van der Waals surface area (Å²) in [5, 5.41) is 3.26. The minimum absolute atomic E-state index is 0.112. The van der Waals surface area contributed by atoms with Gasteiger partial charge in [-0.1, -0.05) is 32.9 Å². The molecule has 1 fully saturated rings. The van der Waals surface area contributed by atoms with Crippen LogP contribution in [0.5, 0.6) is 0 Å². The number of rotatable bonds is 3. The topological polar surface area (TPSA) is 36.4 Å². The first-order valence-electron chi connectivity index (χ1n) is 8.86. The molecule has 134 valence electrons. The normalized spacial score (nSPS) is 16.2. The summed E-state index contributed by atoms with van der Waals surface area (Å²) in [6.45, 7) is 12.9. The summed E-state index contributed by atoms with van der Waals surface area (Å²) in [7, 11) is 0. The fraction of sp³-hybridized carbons (Fsp3) is 0.500. The van der Waals surface area contributed by atoms with Crippen LogP contribution in [0.2, 0.25) is 0 Å². The molecule has 0 radical (unpaired) electrons. The van der Waals surface area contributed by atoms with E-state index in [0.29, 0.717) is 0 Å². The van der Waals surface area contributed by atoms with E-state index in [0.717, 1.165) is 49.0 Å². The molecule has 0 bridgehead atoms. The molecular formula is C20H27N3OS. The van der Waals surface area contributed by atoms with E-state index in [1.165, 1.54) is 5.56 Å². The zero-order valence-electron chi connectivity index (χ0n) is 15.6. The van der Waals surface area contributed by atoms with Crippen LogP contribution in [0.15, 0.2) is 29.6 Å². The molecular weight excluding hydrogens is 330 g/mol. The van der Waals surface area contributed by atoms with Crippen molar-refractivity contribution < 1.29 is 4.79 Å². The lowest BCUT2D eigenvalue weighted by atomic mass is 9.86. The maximum absolute atomic E-state index is 12.7. The van der Waals surface area contributed by atoms with Crippen LogP contribution in [0.4, 0.5) is 0 Å². The Morgan fingerprint density at radius 1 is 1.12 bits per heavy atom. The van der Waals surface area contributed by atoms with Gasteiger partial charge >= 0.3 is 0 Å². The van der Waals surface area contributed by atoms with Crippen molar-refractivity contribution in [2.24, 2.45) is 0 Å². The number of hydrogen-bond donors (Lipinski definition) is 0. The van der Waals surface area contributed by atoms with E-state index in [2.05, 4.69) is 48.2 Å². The quantitative estimate of drug-likeness (QED) is 0.840. The van der Waals surface area contributed by atoms with Gasteiger partial charge in [0.25, 0.3) is 5.91 Å². The zero-order chi connectivity index (χ0) is 18.0. The highest BCUT2D eigenvalue weighted by molar-refractivity contribution is 7.09. The van der Waals surface area contributed by atoms with Crippen LogP contribution < -0.4 is 0 Å². The second-order valence-corrected chi connectivity index (χ2v) is 8.72. The monoisotopic (exact) mass is 357 g/mol. The average molecular weight is 358 g/mol. The summed E-state index contributed by atoms with van der Waals surface area (Å²) in [4.78, 5) is 21.6. The van der Waals surface area contributed by atoms with Crippen LogP contribution in [-0.4, -0.2) is 46.9 Å². The van der Waals surface area contributed by atoms with E-state index in [4.69, 9.17) is 0 Å². The zero-order valence-corrected chi connectivity index (χ0v) is 16.4. The van der Waals surface area contributed by atoms with Gasteiger partial charge < -0.3 is 4.90 Å². The first kappa shape index (κ1) is 18.1. The fourth-order valence-corrected chi connectivity index (χ4v) is 3.88.